The maximum Gasteiger partial charge on any atom is 0.471 e. The van der Waals surface area contributed by atoms with Gasteiger partial charge in [0, 0.05) is 13.6 Å². The summed E-state index contributed by atoms with van der Waals surface area (Å²) in [4.78, 5) is 22.1. The number of nitrogens with zero attached hydrogens (tertiary/aromatic N) is 1. The molecule has 0 aromatic heterocycles. The van der Waals surface area contributed by atoms with Crippen molar-refractivity contribution in [1.29, 1.82) is 0 Å². The van der Waals surface area contributed by atoms with E-state index in [2.05, 4.69) is 4.74 Å². The molecule has 2 N–H and O–H groups in total. The third-order valence-corrected chi connectivity index (χ3v) is 2.10. The summed E-state index contributed by atoms with van der Waals surface area (Å²) in [5.74, 6) is -2.54. The largest absolute Gasteiger partial charge is 0.471 e. The number of methoxy groups -OCH3 is 1. The fourth-order valence-electron chi connectivity index (χ4n) is 1.14. The van der Waals surface area contributed by atoms with E-state index in [0.717, 1.165) is 7.05 Å². The molecule has 0 spiro atoms. The van der Waals surface area contributed by atoms with Gasteiger partial charge in [0.2, 0.25) is 0 Å². The summed E-state index contributed by atoms with van der Waals surface area (Å²) in [6, 6.07) is -0.880. The number of esters is 1. The van der Waals surface area contributed by atoms with E-state index in [4.69, 9.17) is 5.73 Å². The maximum absolute atomic E-state index is 12.0. The molecule has 0 aliphatic rings. The number of rotatable bonds is 5. The van der Waals surface area contributed by atoms with Crippen LogP contribution in [0.2, 0.25) is 0 Å². The fraction of sp³-hybridized carbons (Fsp3) is 0.778. The number of alkyl halides is 3. The molecule has 8 heteroatoms. The van der Waals surface area contributed by atoms with Crippen LogP contribution >= 0.6 is 0 Å². The van der Waals surface area contributed by atoms with Gasteiger partial charge in [-0.05, 0) is 12.8 Å². The predicted molar refractivity (Wildman–Crippen MR) is 52.9 cm³/mol. The van der Waals surface area contributed by atoms with Crippen LogP contribution < -0.4 is 5.73 Å². The van der Waals surface area contributed by atoms with Crippen molar-refractivity contribution in [3.8, 4) is 0 Å². The van der Waals surface area contributed by atoms with Gasteiger partial charge in [0.25, 0.3) is 0 Å². The van der Waals surface area contributed by atoms with E-state index in [9.17, 15) is 22.8 Å². The standard InChI is InChI=1S/C9H15F3N2O3/c1-14(8(16)9(10,11)12)5-3-4-6(13)7(15)17-2/h6H,3-5,13H2,1-2H3. The van der Waals surface area contributed by atoms with Crippen molar-refractivity contribution < 1.29 is 27.5 Å². The molecule has 0 saturated heterocycles. The first kappa shape index (κ1) is 15.7. The SMILES string of the molecule is COC(=O)C(N)CCCN(C)C(=O)C(F)(F)F. The number of nitrogens with two attached hydrogens (primary N) is 1. The molecular formula is C9H15F3N2O3. The van der Waals surface area contributed by atoms with E-state index >= 15 is 0 Å². The first-order valence-corrected chi connectivity index (χ1v) is 4.85. The van der Waals surface area contributed by atoms with Crippen LogP contribution in [0, 0.1) is 0 Å². The van der Waals surface area contributed by atoms with E-state index in [0.29, 0.717) is 4.90 Å². The number of carbonyl (C=O) groups is 2. The molecule has 0 bridgehead atoms. The third-order valence-electron chi connectivity index (χ3n) is 2.10. The van der Waals surface area contributed by atoms with Gasteiger partial charge < -0.3 is 15.4 Å². The van der Waals surface area contributed by atoms with E-state index in [-0.39, 0.29) is 19.4 Å². The molecule has 0 fully saturated rings. The highest BCUT2D eigenvalue weighted by molar-refractivity contribution is 5.81. The summed E-state index contributed by atoms with van der Waals surface area (Å²) >= 11 is 0. The topological polar surface area (TPSA) is 72.6 Å². The molecule has 17 heavy (non-hydrogen) atoms. The van der Waals surface area contributed by atoms with Crippen molar-refractivity contribution in [2.24, 2.45) is 5.73 Å². The zero-order valence-corrected chi connectivity index (χ0v) is 9.58. The molecule has 1 amide bonds. The van der Waals surface area contributed by atoms with Crippen LogP contribution in [0.3, 0.4) is 0 Å². The van der Waals surface area contributed by atoms with Gasteiger partial charge in [-0.2, -0.15) is 13.2 Å². The summed E-state index contributed by atoms with van der Waals surface area (Å²) < 4.78 is 40.3. The summed E-state index contributed by atoms with van der Waals surface area (Å²) in [6.07, 6.45) is -4.53. The van der Waals surface area contributed by atoms with Crippen molar-refractivity contribution in [1.82, 2.24) is 4.90 Å². The van der Waals surface area contributed by atoms with Crippen LogP contribution in [0.4, 0.5) is 13.2 Å². The lowest BCUT2D eigenvalue weighted by molar-refractivity contribution is -0.184. The first-order chi connectivity index (χ1) is 7.70. The average molecular weight is 256 g/mol. The minimum atomic E-state index is -4.88. The molecule has 0 rings (SSSR count). The summed E-state index contributed by atoms with van der Waals surface area (Å²) in [5, 5.41) is 0. The lowest BCUT2D eigenvalue weighted by atomic mass is 10.1. The average Bonchev–Trinajstić information content (AvgIpc) is 2.25. The Kier molecular flexibility index (Phi) is 5.94. The number of hydrogen-bond acceptors (Lipinski definition) is 4. The molecule has 0 aliphatic carbocycles. The highest BCUT2D eigenvalue weighted by atomic mass is 19.4. The second kappa shape index (κ2) is 6.43. The summed E-state index contributed by atoms with van der Waals surface area (Å²) in [6.45, 7) is -0.122. The Morgan fingerprint density at radius 3 is 2.35 bits per heavy atom. The number of hydrogen-bond donors (Lipinski definition) is 1. The van der Waals surface area contributed by atoms with Gasteiger partial charge in [-0.1, -0.05) is 0 Å². The first-order valence-electron chi connectivity index (χ1n) is 4.85. The Morgan fingerprint density at radius 2 is 1.94 bits per heavy atom. The highest BCUT2D eigenvalue weighted by Crippen LogP contribution is 2.17. The van der Waals surface area contributed by atoms with Crippen LogP contribution in [0.25, 0.3) is 0 Å². The van der Waals surface area contributed by atoms with Crippen LogP contribution in [-0.2, 0) is 14.3 Å². The van der Waals surface area contributed by atoms with E-state index in [1.807, 2.05) is 0 Å². The van der Waals surface area contributed by atoms with Gasteiger partial charge in [-0.25, -0.2) is 0 Å². The van der Waals surface area contributed by atoms with Crippen LogP contribution in [0.1, 0.15) is 12.8 Å². The smallest absolute Gasteiger partial charge is 0.468 e. The molecule has 0 aromatic rings. The van der Waals surface area contributed by atoms with Gasteiger partial charge in [0.1, 0.15) is 6.04 Å². The molecule has 5 nitrogen and oxygen atoms in total. The quantitative estimate of drug-likeness (QED) is 0.717. The minimum Gasteiger partial charge on any atom is -0.468 e. The normalized spacial score (nSPS) is 13.1. The fourth-order valence-corrected chi connectivity index (χ4v) is 1.14. The van der Waals surface area contributed by atoms with Crippen molar-refractivity contribution in [2.75, 3.05) is 20.7 Å². The molecule has 0 aliphatic heterocycles. The highest BCUT2D eigenvalue weighted by Gasteiger charge is 2.40. The van der Waals surface area contributed by atoms with Gasteiger partial charge >= 0.3 is 18.1 Å². The second-order valence-electron chi connectivity index (χ2n) is 3.50. The number of carbonyl (C=O) groups excluding carboxylic acids is 2. The molecular weight excluding hydrogens is 241 g/mol. The van der Waals surface area contributed by atoms with Gasteiger partial charge in [0.05, 0.1) is 7.11 Å². The monoisotopic (exact) mass is 256 g/mol. The molecule has 1 unspecified atom stereocenters. The lowest BCUT2D eigenvalue weighted by Gasteiger charge is -2.19. The minimum absolute atomic E-state index is 0.122. The lowest BCUT2D eigenvalue weighted by Crippen LogP contribution is -2.39. The van der Waals surface area contributed by atoms with Crippen LogP contribution in [0.5, 0.6) is 0 Å². The Hall–Kier alpha value is -1.31. The van der Waals surface area contributed by atoms with E-state index in [1.165, 1.54) is 7.11 Å². The summed E-state index contributed by atoms with van der Waals surface area (Å²) in [7, 11) is 2.21. The van der Waals surface area contributed by atoms with Crippen LogP contribution in [0.15, 0.2) is 0 Å². The van der Waals surface area contributed by atoms with Crippen molar-refractivity contribution in [3.05, 3.63) is 0 Å². The third kappa shape index (κ3) is 5.53. The molecule has 0 aromatic carbocycles. The Bertz CT molecular complexity index is 281. The Balaban J connectivity index is 3.98. The molecule has 0 heterocycles. The maximum atomic E-state index is 12.0. The molecule has 0 radical (unpaired) electrons. The van der Waals surface area contributed by atoms with E-state index < -0.39 is 24.1 Å². The van der Waals surface area contributed by atoms with Gasteiger partial charge in [-0.3, -0.25) is 9.59 Å². The second-order valence-corrected chi connectivity index (χ2v) is 3.50. The van der Waals surface area contributed by atoms with Gasteiger partial charge in [0.15, 0.2) is 0 Å². The Morgan fingerprint density at radius 1 is 1.41 bits per heavy atom. The number of amides is 1. The molecule has 0 saturated carbocycles. The number of ether oxygens (including phenoxy) is 1. The predicted octanol–water partition coefficient (Wildman–Crippen LogP) is 0.288. The van der Waals surface area contributed by atoms with Crippen molar-refractivity contribution in [2.45, 2.75) is 25.1 Å². The molecule has 1 atom stereocenters. The van der Waals surface area contributed by atoms with Crippen molar-refractivity contribution in [3.63, 3.8) is 0 Å². The Labute approximate surface area is 96.7 Å². The summed E-state index contributed by atoms with van der Waals surface area (Å²) in [5.41, 5.74) is 5.38. The van der Waals surface area contributed by atoms with Crippen LogP contribution in [-0.4, -0.2) is 49.7 Å². The zero-order valence-electron chi connectivity index (χ0n) is 9.58. The van der Waals surface area contributed by atoms with Gasteiger partial charge in [-0.15, -0.1) is 0 Å². The number of halogens is 3. The zero-order chi connectivity index (χ0) is 13.6. The van der Waals surface area contributed by atoms with Crippen molar-refractivity contribution >= 4 is 11.9 Å². The molecule has 100 valence electrons. The van der Waals surface area contributed by atoms with E-state index in [1.54, 1.807) is 0 Å².